The van der Waals surface area contributed by atoms with E-state index >= 15 is 0 Å². The van der Waals surface area contributed by atoms with E-state index in [1.54, 1.807) is 0 Å². The third-order valence-corrected chi connectivity index (χ3v) is 8.27. The minimum absolute atomic E-state index is 0.329. The van der Waals surface area contributed by atoms with Crippen molar-refractivity contribution in [1.82, 2.24) is 9.88 Å². The molecule has 1 fully saturated rings. The zero-order valence-corrected chi connectivity index (χ0v) is 23.8. The van der Waals surface area contributed by atoms with Crippen LogP contribution in [-0.4, -0.2) is 23.3 Å². The first-order chi connectivity index (χ1) is 18.2. The van der Waals surface area contributed by atoms with Crippen molar-refractivity contribution < 1.29 is 13.2 Å². The van der Waals surface area contributed by atoms with Crippen molar-refractivity contribution in [2.75, 3.05) is 11.9 Å². The Bertz CT molecular complexity index is 1160. The van der Waals surface area contributed by atoms with Crippen LogP contribution in [0.15, 0.2) is 29.5 Å². The van der Waals surface area contributed by atoms with Crippen molar-refractivity contribution in [3.05, 3.63) is 46.3 Å². The molecule has 1 aliphatic heterocycles. The SMILES string of the molecule is CCc1c(C)c2c3c(ccc2n1CCCCCCCCCNC(C)C)NC(=C1CCCC1)C=C3C(F)(F)F. The molecule has 1 aromatic carbocycles. The van der Waals surface area contributed by atoms with Crippen molar-refractivity contribution in [2.45, 2.75) is 124 Å². The Balaban J connectivity index is 1.50. The van der Waals surface area contributed by atoms with Gasteiger partial charge in [0.15, 0.2) is 0 Å². The molecular formula is C32H46F3N3. The topological polar surface area (TPSA) is 29.0 Å². The summed E-state index contributed by atoms with van der Waals surface area (Å²) in [5.41, 5.74) is 5.28. The second-order valence-corrected chi connectivity index (χ2v) is 11.4. The van der Waals surface area contributed by atoms with Gasteiger partial charge in [-0.15, -0.1) is 0 Å². The standard InChI is InChI=1S/C32H46F3N3/c1-5-28-23(4)30-29(38(28)20-14-10-8-6-7-9-13-19-36-22(2)3)18-17-26-31(30)25(32(33,34)35)21-27(37-26)24-15-11-12-16-24/h17-18,21-22,36-37H,5-16,19-20H2,1-4H3. The maximum Gasteiger partial charge on any atom is 0.417 e. The minimum Gasteiger partial charge on any atom is -0.355 e. The molecule has 2 heterocycles. The second kappa shape index (κ2) is 12.8. The van der Waals surface area contributed by atoms with Crippen LogP contribution in [0.3, 0.4) is 0 Å². The van der Waals surface area contributed by atoms with E-state index in [9.17, 15) is 13.2 Å². The molecule has 1 aliphatic carbocycles. The van der Waals surface area contributed by atoms with Crippen molar-refractivity contribution in [2.24, 2.45) is 0 Å². The van der Waals surface area contributed by atoms with Crippen LogP contribution in [0.2, 0.25) is 0 Å². The molecule has 0 saturated heterocycles. The maximum absolute atomic E-state index is 14.5. The van der Waals surface area contributed by atoms with Crippen LogP contribution in [-0.2, 0) is 13.0 Å². The molecule has 2 aliphatic rings. The first-order valence-corrected chi connectivity index (χ1v) is 14.9. The third kappa shape index (κ3) is 6.50. The lowest BCUT2D eigenvalue weighted by molar-refractivity contribution is -0.0688. The highest BCUT2D eigenvalue weighted by molar-refractivity contribution is 6.04. The summed E-state index contributed by atoms with van der Waals surface area (Å²) in [5.74, 6) is 0. The highest BCUT2D eigenvalue weighted by atomic mass is 19.4. The lowest BCUT2D eigenvalue weighted by Gasteiger charge is -2.25. The number of allylic oxidation sites excluding steroid dienone is 3. The highest BCUT2D eigenvalue weighted by Gasteiger charge is 2.40. The van der Waals surface area contributed by atoms with E-state index in [1.165, 1.54) is 38.2 Å². The van der Waals surface area contributed by atoms with Crippen LogP contribution >= 0.6 is 0 Å². The number of aromatic nitrogens is 1. The summed E-state index contributed by atoms with van der Waals surface area (Å²) in [7, 11) is 0. The van der Waals surface area contributed by atoms with Gasteiger partial charge in [-0.05, 0) is 87.8 Å². The molecule has 0 spiro atoms. The number of benzene rings is 1. The number of rotatable bonds is 12. The third-order valence-electron chi connectivity index (χ3n) is 8.27. The van der Waals surface area contributed by atoms with Crippen LogP contribution in [0, 0.1) is 6.92 Å². The smallest absolute Gasteiger partial charge is 0.355 e. The summed E-state index contributed by atoms with van der Waals surface area (Å²) in [6.07, 6.45) is 10.1. The van der Waals surface area contributed by atoms with Gasteiger partial charge in [-0.3, -0.25) is 0 Å². The summed E-state index contributed by atoms with van der Waals surface area (Å²) < 4.78 is 45.7. The molecule has 38 heavy (non-hydrogen) atoms. The van der Waals surface area contributed by atoms with Crippen LogP contribution in [0.1, 0.15) is 108 Å². The average Bonchev–Trinajstić information content (AvgIpc) is 3.50. The predicted octanol–water partition coefficient (Wildman–Crippen LogP) is 9.44. The number of hydrogen-bond acceptors (Lipinski definition) is 2. The summed E-state index contributed by atoms with van der Waals surface area (Å²) in [6, 6.07) is 4.46. The first-order valence-electron chi connectivity index (χ1n) is 14.9. The van der Waals surface area contributed by atoms with Gasteiger partial charge in [0.25, 0.3) is 0 Å². The summed E-state index contributed by atoms with van der Waals surface area (Å²) in [4.78, 5) is 0. The summed E-state index contributed by atoms with van der Waals surface area (Å²) >= 11 is 0. The molecule has 0 unspecified atom stereocenters. The number of alkyl halides is 3. The van der Waals surface area contributed by atoms with Crippen molar-refractivity contribution >= 4 is 22.2 Å². The van der Waals surface area contributed by atoms with Crippen LogP contribution < -0.4 is 10.6 Å². The molecule has 1 saturated carbocycles. The quantitative estimate of drug-likeness (QED) is 0.268. The van der Waals surface area contributed by atoms with Crippen molar-refractivity contribution in [3.8, 4) is 0 Å². The van der Waals surface area contributed by atoms with Gasteiger partial charge in [-0.2, -0.15) is 13.2 Å². The summed E-state index contributed by atoms with van der Waals surface area (Å²) in [5, 5.41) is 7.62. The number of unbranched alkanes of at least 4 members (excludes halogenated alkanes) is 6. The van der Waals surface area contributed by atoms with E-state index in [0.29, 0.717) is 23.0 Å². The van der Waals surface area contributed by atoms with Gasteiger partial charge in [0, 0.05) is 46.1 Å². The molecule has 3 nitrogen and oxygen atoms in total. The number of fused-ring (bicyclic) bond motifs is 3. The van der Waals surface area contributed by atoms with Crippen molar-refractivity contribution in [3.63, 3.8) is 0 Å². The van der Waals surface area contributed by atoms with Crippen LogP contribution in [0.25, 0.3) is 16.5 Å². The number of halogens is 3. The lowest BCUT2D eigenvalue weighted by atomic mass is 9.91. The van der Waals surface area contributed by atoms with Gasteiger partial charge in [-0.25, -0.2) is 0 Å². The second-order valence-electron chi connectivity index (χ2n) is 11.4. The molecule has 6 heteroatoms. The van der Waals surface area contributed by atoms with E-state index in [4.69, 9.17) is 0 Å². The Morgan fingerprint density at radius 3 is 2.26 bits per heavy atom. The zero-order chi connectivity index (χ0) is 27.3. The normalized spacial score (nSPS) is 15.9. The van der Waals surface area contributed by atoms with E-state index in [-0.39, 0.29) is 0 Å². The molecule has 2 N–H and O–H groups in total. The van der Waals surface area contributed by atoms with Crippen molar-refractivity contribution in [1.29, 1.82) is 0 Å². The number of anilines is 1. The lowest BCUT2D eigenvalue weighted by Crippen LogP contribution is -2.23. The minimum atomic E-state index is -4.40. The number of nitrogens with zero attached hydrogens (tertiary/aromatic N) is 1. The maximum atomic E-state index is 14.5. The molecule has 2 aromatic rings. The molecule has 0 atom stereocenters. The monoisotopic (exact) mass is 529 g/mol. The predicted molar refractivity (Wildman–Crippen MR) is 155 cm³/mol. The Kier molecular flexibility index (Phi) is 9.67. The van der Waals surface area contributed by atoms with Gasteiger partial charge in [0.05, 0.1) is 5.57 Å². The van der Waals surface area contributed by atoms with Gasteiger partial charge < -0.3 is 15.2 Å². The average molecular weight is 530 g/mol. The van der Waals surface area contributed by atoms with E-state index in [0.717, 1.165) is 85.8 Å². The fraction of sp³-hybridized carbons (Fsp3) is 0.625. The molecule has 210 valence electrons. The molecule has 0 bridgehead atoms. The fourth-order valence-corrected chi connectivity index (χ4v) is 6.34. The fourth-order valence-electron chi connectivity index (χ4n) is 6.34. The Labute approximate surface area is 226 Å². The molecule has 1 aromatic heterocycles. The number of hydrogen-bond donors (Lipinski definition) is 2. The van der Waals surface area contributed by atoms with E-state index in [1.807, 2.05) is 19.1 Å². The van der Waals surface area contributed by atoms with E-state index in [2.05, 4.69) is 36.0 Å². The van der Waals surface area contributed by atoms with Crippen LogP contribution in [0.5, 0.6) is 0 Å². The number of aryl methyl sites for hydroxylation is 2. The largest absolute Gasteiger partial charge is 0.417 e. The Morgan fingerprint density at radius 1 is 0.974 bits per heavy atom. The highest BCUT2D eigenvalue weighted by Crippen LogP contribution is 2.47. The molecular weight excluding hydrogens is 483 g/mol. The Hall–Kier alpha value is -2.21. The molecule has 0 amide bonds. The van der Waals surface area contributed by atoms with Gasteiger partial charge >= 0.3 is 6.18 Å². The van der Waals surface area contributed by atoms with Crippen LogP contribution in [0.4, 0.5) is 18.9 Å². The molecule has 0 radical (unpaired) electrons. The zero-order valence-electron chi connectivity index (χ0n) is 23.8. The van der Waals surface area contributed by atoms with Gasteiger partial charge in [-0.1, -0.05) is 52.9 Å². The first kappa shape index (κ1) is 28.8. The Morgan fingerprint density at radius 2 is 1.63 bits per heavy atom. The van der Waals surface area contributed by atoms with Gasteiger partial charge in [0.1, 0.15) is 0 Å². The number of nitrogens with one attached hydrogen (secondary N) is 2. The summed E-state index contributed by atoms with van der Waals surface area (Å²) in [6.45, 7) is 10.4. The van der Waals surface area contributed by atoms with Gasteiger partial charge in [0.2, 0.25) is 0 Å². The van der Waals surface area contributed by atoms with E-state index < -0.39 is 11.7 Å². The molecule has 4 rings (SSSR count).